The molecule has 0 saturated heterocycles. The summed E-state index contributed by atoms with van der Waals surface area (Å²) in [6, 6.07) is 6.71. The Morgan fingerprint density at radius 2 is 2.18 bits per heavy atom. The van der Waals surface area contributed by atoms with Gasteiger partial charge in [-0.25, -0.2) is 0 Å². The largest absolute Gasteiger partial charge is 0.467 e. The van der Waals surface area contributed by atoms with Gasteiger partial charge in [-0.15, -0.1) is 0 Å². The van der Waals surface area contributed by atoms with Crippen LogP contribution in [0.15, 0.2) is 24.3 Å². The zero-order chi connectivity index (χ0) is 8.10. The average Bonchev–Trinajstić information content (AvgIpc) is 2.06. The summed E-state index contributed by atoms with van der Waals surface area (Å²) < 4.78 is 4.75. The maximum absolute atomic E-state index is 10.3. The Labute approximate surface area is 64.2 Å². The van der Waals surface area contributed by atoms with E-state index in [0.717, 1.165) is 0 Å². The molecule has 11 heavy (non-hydrogen) atoms. The van der Waals surface area contributed by atoms with Crippen molar-refractivity contribution in [3.63, 3.8) is 0 Å². The summed E-state index contributed by atoms with van der Waals surface area (Å²) in [6.45, 7) is -0.412. The molecule has 3 nitrogen and oxygen atoms in total. The number of benzene rings is 1. The van der Waals surface area contributed by atoms with Crippen LogP contribution in [0, 0.1) is 0 Å². The molecule has 0 radical (unpaired) electrons. The van der Waals surface area contributed by atoms with Crippen molar-refractivity contribution >= 4 is 6.29 Å². The van der Waals surface area contributed by atoms with Gasteiger partial charge in [0.2, 0.25) is 0 Å². The molecule has 1 aromatic carbocycles. The Morgan fingerprint density at radius 3 is 2.82 bits per heavy atom. The molecule has 0 unspecified atom stereocenters. The van der Waals surface area contributed by atoms with Crippen molar-refractivity contribution in [2.75, 3.05) is 6.79 Å². The molecule has 58 valence electrons. The second-order valence-corrected chi connectivity index (χ2v) is 1.93. The predicted molar refractivity (Wildman–Crippen MR) is 39.5 cm³/mol. The summed E-state index contributed by atoms with van der Waals surface area (Å²) in [5, 5.41) is 8.40. The molecule has 0 spiro atoms. The van der Waals surface area contributed by atoms with E-state index in [2.05, 4.69) is 0 Å². The van der Waals surface area contributed by atoms with Gasteiger partial charge in [-0.05, 0) is 12.1 Å². The topological polar surface area (TPSA) is 46.5 Å². The van der Waals surface area contributed by atoms with Gasteiger partial charge in [0.1, 0.15) is 5.75 Å². The smallest absolute Gasteiger partial charge is 0.186 e. The van der Waals surface area contributed by atoms with Gasteiger partial charge in [-0.3, -0.25) is 4.79 Å². The molecule has 3 heteroatoms. The zero-order valence-electron chi connectivity index (χ0n) is 5.86. The monoisotopic (exact) mass is 152 g/mol. The first kappa shape index (κ1) is 7.75. The van der Waals surface area contributed by atoms with Gasteiger partial charge in [-0.2, -0.15) is 0 Å². The Hall–Kier alpha value is -1.35. The standard InChI is InChI=1S/C8H8O3/c9-5-7-3-1-2-4-8(7)11-6-10/h1-5,10H,6H2. The fourth-order valence-corrected chi connectivity index (χ4v) is 0.779. The molecule has 0 amide bonds. The maximum atomic E-state index is 10.3. The Morgan fingerprint density at radius 1 is 1.45 bits per heavy atom. The molecular formula is C8H8O3. The highest BCUT2D eigenvalue weighted by Crippen LogP contribution is 2.14. The van der Waals surface area contributed by atoms with Crippen LogP contribution in [0.5, 0.6) is 5.75 Å². The van der Waals surface area contributed by atoms with Crippen molar-refractivity contribution < 1.29 is 14.6 Å². The summed E-state index contributed by atoms with van der Waals surface area (Å²) in [5.74, 6) is 0.407. The number of rotatable bonds is 3. The minimum absolute atomic E-state index is 0.407. The van der Waals surface area contributed by atoms with Crippen LogP contribution < -0.4 is 4.74 Å². The Bertz CT molecular complexity index is 245. The number of para-hydroxylation sites is 1. The van der Waals surface area contributed by atoms with Crippen LogP contribution >= 0.6 is 0 Å². The lowest BCUT2D eigenvalue weighted by Crippen LogP contribution is -1.97. The number of hydrogen-bond donors (Lipinski definition) is 1. The van der Waals surface area contributed by atoms with E-state index in [9.17, 15) is 4.79 Å². The van der Waals surface area contributed by atoms with Gasteiger partial charge in [-0.1, -0.05) is 12.1 Å². The van der Waals surface area contributed by atoms with Gasteiger partial charge >= 0.3 is 0 Å². The van der Waals surface area contributed by atoms with E-state index < -0.39 is 6.79 Å². The second kappa shape index (κ2) is 3.73. The molecule has 1 rings (SSSR count). The Kier molecular flexibility index (Phi) is 2.63. The summed E-state index contributed by atoms with van der Waals surface area (Å²) in [6.07, 6.45) is 0.686. The van der Waals surface area contributed by atoms with Crippen molar-refractivity contribution in [3.05, 3.63) is 29.8 Å². The van der Waals surface area contributed by atoms with Gasteiger partial charge in [0, 0.05) is 0 Å². The number of ether oxygens (including phenoxy) is 1. The zero-order valence-corrected chi connectivity index (χ0v) is 5.86. The van der Waals surface area contributed by atoms with Crippen molar-refractivity contribution in [2.45, 2.75) is 0 Å². The van der Waals surface area contributed by atoms with E-state index in [1.807, 2.05) is 0 Å². The van der Waals surface area contributed by atoms with Crippen LogP contribution in [-0.2, 0) is 0 Å². The van der Waals surface area contributed by atoms with Crippen LogP contribution in [0.3, 0.4) is 0 Å². The number of carbonyl (C=O) groups is 1. The van der Waals surface area contributed by atoms with Gasteiger partial charge in [0.25, 0.3) is 0 Å². The first-order valence-electron chi connectivity index (χ1n) is 3.16. The molecule has 1 aromatic rings. The van der Waals surface area contributed by atoms with Crippen LogP contribution in [0.1, 0.15) is 10.4 Å². The first-order chi connectivity index (χ1) is 5.38. The molecule has 0 bridgehead atoms. The van der Waals surface area contributed by atoms with Crippen molar-refractivity contribution in [1.82, 2.24) is 0 Å². The lowest BCUT2D eigenvalue weighted by atomic mass is 10.2. The minimum atomic E-state index is -0.412. The third-order valence-corrected chi connectivity index (χ3v) is 1.27. The van der Waals surface area contributed by atoms with Crippen LogP contribution in [-0.4, -0.2) is 18.2 Å². The third-order valence-electron chi connectivity index (χ3n) is 1.27. The average molecular weight is 152 g/mol. The van der Waals surface area contributed by atoms with E-state index >= 15 is 0 Å². The SMILES string of the molecule is O=Cc1ccccc1OCO. The lowest BCUT2D eigenvalue weighted by Gasteiger charge is -2.02. The van der Waals surface area contributed by atoms with Crippen molar-refractivity contribution in [3.8, 4) is 5.75 Å². The third kappa shape index (κ3) is 1.78. The summed E-state index contributed by atoms with van der Waals surface area (Å²) >= 11 is 0. The molecule has 0 atom stereocenters. The minimum Gasteiger partial charge on any atom is -0.467 e. The molecule has 0 heterocycles. The summed E-state index contributed by atoms with van der Waals surface area (Å²) in [4.78, 5) is 10.3. The van der Waals surface area contributed by atoms with Crippen LogP contribution in [0.25, 0.3) is 0 Å². The van der Waals surface area contributed by atoms with Gasteiger partial charge in [0.05, 0.1) is 5.56 Å². The molecule has 0 aliphatic carbocycles. The van der Waals surface area contributed by atoms with Crippen LogP contribution in [0.2, 0.25) is 0 Å². The maximum Gasteiger partial charge on any atom is 0.186 e. The molecule has 0 aromatic heterocycles. The summed E-state index contributed by atoms with van der Waals surface area (Å²) in [7, 11) is 0. The highest BCUT2D eigenvalue weighted by Gasteiger charge is 1.98. The van der Waals surface area contributed by atoms with Crippen LogP contribution in [0.4, 0.5) is 0 Å². The normalized spacial score (nSPS) is 9.18. The lowest BCUT2D eigenvalue weighted by molar-refractivity contribution is 0.0959. The second-order valence-electron chi connectivity index (χ2n) is 1.93. The number of aldehydes is 1. The molecular weight excluding hydrogens is 144 g/mol. The number of hydrogen-bond acceptors (Lipinski definition) is 3. The Balaban J connectivity index is 2.92. The molecule has 1 N–H and O–H groups in total. The number of carbonyl (C=O) groups excluding carboxylic acids is 1. The van der Waals surface area contributed by atoms with E-state index in [1.165, 1.54) is 0 Å². The molecule has 0 aliphatic rings. The predicted octanol–water partition coefficient (Wildman–Crippen LogP) is 0.828. The fourth-order valence-electron chi connectivity index (χ4n) is 0.779. The summed E-state index contributed by atoms with van der Waals surface area (Å²) in [5.41, 5.74) is 0.446. The van der Waals surface area contributed by atoms with E-state index in [-0.39, 0.29) is 0 Å². The molecule has 0 aliphatic heterocycles. The number of aliphatic hydroxyl groups excluding tert-OH is 1. The highest BCUT2D eigenvalue weighted by molar-refractivity contribution is 5.79. The van der Waals surface area contributed by atoms with E-state index in [4.69, 9.17) is 9.84 Å². The molecule has 0 saturated carbocycles. The van der Waals surface area contributed by atoms with Crippen molar-refractivity contribution in [1.29, 1.82) is 0 Å². The quantitative estimate of drug-likeness (QED) is 0.515. The highest BCUT2D eigenvalue weighted by atomic mass is 16.6. The number of aliphatic hydroxyl groups is 1. The van der Waals surface area contributed by atoms with E-state index in [0.29, 0.717) is 17.6 Å². The van der Waals surface area contributed by atoms with Gasteiger partial charge < -0.3 is 9.84 Å². The first-order valence-corrected chi connectivity index (χ1v) is 3.16. The van der Waals surface area contributed by atoms with E-state index in [1.54, 1.807) is 24.3 Å². The van der Waals surface area contributed by atoms with Gasteiger partial charge in [0.15, 0.2) is 13.1 Å². The van der Waals surface area contributed by atoms with Crippen molar-refractivity contribution in [2.24, 2.45) is 0 Å². The fraction of sp³-hybridized carbons (Fsp3) is 0.125. The molecule has 0 fully saturated rings.